The fourth-order valence-electron chi connectivity index (χ4n) is 4.72. The Morgan fingerprint density at radius 2 is 1.73 bits per heavy atom. The van der Waals surface area contributed by atoms with Crippen molar-refractivity contribution < 1.29 is 35.9 Å². The lowest BCUT2D eigenvalue weighted by atomic mass is 9.84. The van der Waals surface area contributed by atoms with Crippen molar-refractivity contribution in [3.05, 3.63) is 52.7 Å². The molecule has 1 aromatic heterocycles. The van der Waals surface area contributed by atoms with Crippen molar-refractivity contribution in [3.8, 4) is 5.75 Å². The topological polar surface area (TPSA) is 51.5 Å². The maximum Gasteiger partial charge on any atom is 0.287 e. The molecule has 2 bridgehead atoms. The Hall–Kier alpha value is -2.58. The second-order valence-electron chi connectivity index (χ2n) is 8.05. The first-order valence-corrected chi connectivity index (χ1v) is 9.80. The van der Waals surface area contributed by atoms with E-state index in [2.05, 4.69) is 5.32 Å². The third kappa shape index (κ3) is 3.65. The van der Waals surface area contributed by atoms with Crippen molar-refractivity contribution in [1.82, 2.24) is 5.32 Å². The van der Waals surface area contributed by atoms with Crippen LogP contribution in [0.15, 0.2) is 16.5 Å². The Bertz CT molecular complexity index is 947. The highest BCUT2D eigenvalue weighted by atomic mass is 19.2. The van der Waals surface area contributed by atoms with Crippen LogP contribution in [0.5, 0.6) is 5.75 Å². The van der Waals surface area contributed by atoms with Crippen molar-refractivity contribution in [2.45, 2.75) is 45.3 Å². The SMILES string of the molecule is CC(NC(=O)c1ccc(COc2c(F)c(F)c(F)c(F)c2F)o1)C1CC2CCC1C2. The predicted molar refractivity (Wildman–Crippen MR) is 95.1 cm³/mol. The molecule has 4 rings (SSSR count). The number of carbonyl (C=O) groups is 1. The van der Waals surface area contributed by atoms with Crippen molar-refractivity contribution in [2.24, 2.45) is 17.8 Å². The molecule has 1 heterocycles. The minimum absolute atomic E-state index is 0.00309. The number of fused-ring (bicyclic) bond motifs is 2. The van der Waals surface area contributed by atoms with E-state index in [1.54, 1.807) is 0 Å². The molecule has 2 fully saturated rings. The highest BCUT2D eigenvalue weighted by Gasteiger charge is 2.42. The molecule has 2 aliphatic rings. The van der Waals surface area contributed by atoms with Gasteiger partial charge in [-0.3, -0.25) is 4.79 Å². The number of hydrogen-bond donors (Lipinski definition) is 1. The lowest BCUT2D eigenvalue weighted by Gasteiger charge is -2.28. The Morgan fingerprint density at radius 3 is 2.33 bits per heavy atom. The first kappa shape index (κ1) is 20.7. The first-order valence-electron chi connectivity index (χ1n) is 9.80. The molecular formula is C21H20F5NO3. The van der Waals surface area contributed by atoms with Gasteiger partial charge in [-0.1, -0.05) is 6.42 Å². The van der Waals surface area contributed by atoms with E-state index in [4.69, 9.17) is 9.15 Å². The molecule has 2 aromatic rings. The van der Waals surface area contributed by atoms with E-state index in [0.717, 1.165) is 12.3 Å². The molecule has 4 unspecified atom stereocenters. The second kappa shape index (κ2) is 7.92. The highest BCUT2D eigenvalue weighted by Crippen LogP contribution is 2.49. The number of amides is 1. The van der Waals surface area contributed by atoms with Gasteiger partial charge in [0.2, 0.25) is 29.1 Å². The molecule has 0 aliphatic heterocycles. The maximum atomic E-state index is 13.7. The molecular weight excluding hydrogens is 409 g/mol. The molecule has 162 valence electrons. The zero-order valence-corrected chi connectivity index (χ0v) is 16.1. The minimum atomic E-state index is -2.26. The van der Waals surface area contributed by atoms with Crippen LogP contribution in [0.25, 0.3) is 0 Å². The number of ether oxygens (including phenoxy) is 1. The third-order valence-corrected chi connectivity index (χ3v) is 6.21. The third-order valence-electron chi connectivity index (χ3n) is 6.21. The molecule has 2 saturated carbocycles. The van der Waals surface area contributed by atoms with Crippen molar-refractivity contribution in [2.75, 3.05) is 0 Å². The maximum absolute atomic E-state index is 13.7. The van der Waals surface area contributed by atoms with Crippen LogP contribution in [0.3, 0.4) is 0 Å². The van der Waals surface area contributed by atoms with Gasteiger partial charge in [0.1, 0.15) is 12.4 Å². The van der Waals surface area contributed by atoms with E-state index >= 15 is 0 Å². The number of halogens is 5. The first-order chi connectivity index (χ1) is 14.3. The Morgan fingerprint density at radius 1 is 1.07 bits per heavy atom. The Kier molecular flexibility index (Phi) is 5.46. The highest BCUT2D eigenvalue weighted by molar-refractivity contribution is 5.91. The van der Waals surface area contributed by atoms with Gasteiger partial charge >= 0.3 is 0 Å². The molecule has 0 spiro atoms. The zero-order chi connectivity index (χ0) is 21.6. The van der Waals surface area contributed by atoms with Crippen molar-refractivity contribution >= 4 is 5.91 Å². The normalized spacial score (nSPS) is 23.6. The van der Waals surface area contributed by atoms with Crippen LogP contribution in [-0.2, 0) is 6.61 Å². The summed E-state index contributed by atoms with van der Waals surface area (Å²) in [5, 5.41) is 2.92. The molecule has 4 nitrogen and oxygen atoms in total. The summed E-state index contributed by atoms with van der Waals surface area (Å²) in [7, 11) is 0. The van der Waals surface area contributed by atoms with E-state index in [9.17, 15) is 26.7 Å². The molecule has 0 saturated heterocycles. The van der Waals surface area contributed by atoms with E-state index in [-0.39, 0.29) is 17.6 Å². The van der Waals surface area contributed by atoms with Gasteiger partial charge in [-0.2, -0.15) is 8.78 Å². The van der Waals surface area contributed by atoms with Crippen molar-refractivity contribution in [1.29, 1.82) is 0 Å². The van der Waals surface area contributed by atoms with E-state index in [0.29, 0.717) is 11.8 Å². The summed E-state index contributed by atoms with van der Waals surface area (Å²) < 4.78 is 76.9. The van der Waals surface area contributed by atoms with Gasteiger partial charge in [0.25, 0.3) is 5.91 Å². The predicted octanol–water partition coefficient (Wildman–Crippen LogP) is 5.11. The average molecular weight is 429 g/mol. The van der Waals surface area contributed by atoms with Crippen LogP contribution >= 0.6 is 0 Å². The second-order valence-corrected chi connectivity index (χ2v) is 8.05. The van der Waals surface area contributed by atoms with Gasteiger partial charge < -0.3 is 14.5 Å². The van der Waals surface area contributed by atoms with Gasteiger partial charge in [0.05, 0.1) is 0 Å². The van der Waals surface area contributed by atoms with E-state index < -0.39 is 47.3 Å². The van der Waals surface area contributed by atoms with Gasteiger partial charge in [0.15, 0.2) is 11.5 Å². The summed E-state index contributed by atoms with van der Waals surface area (Å²) in [5.74, 6) is -10.7. The molecule has 1 aromatic carbocycles. The van der Waals surface area contributed by atoms with Gasteiger partial charge in [-0.25, -0.2) is 13.2 Å². The Balaban J connectivity index is 1.38. The number of nitrogens with one attached hydrogen (secondary N) is 1. The molecule has 9 heteroatoms. The van der Waals surface area contributed by atoms with Gasteiger partial charge in [0, 0.05) is 6.04 Å². The Labute approximate surface area is 169 Å². The quantitative estimate of drug-likeness (QED) is 0.395. The van der Waals surface area contributed by atoms with Crippen LogP contribution in [-0.4, -0.2) is 11.9 Å². The van der Waals surface area contributed by atoms with Crippen LogP contribution in [0.4, 0.5) is 22.0 Å². The lowest BCUT2D eigenvalue weighted by Crippen LogP contribution is -2.40. The number of carbonyl (C=O) groups excluding carboxylic acids is 1. The standard InChI is InChI=1S/C21H20F5NO3/c1-9(13-7-10-2-3-11(13)6-10)27-21(28)14-5-4-12(30-14)8-29-20-18(25)16(23)15(22)17(24)19(20)26/h4-5,9-11,13H,2-3,6-8H2,1H3,(H,27,28). The molecule has 4 atom stereocenters. The van der Waals surface area contributed by atoms with Crippen molar-refractivity contribution in [3.63, 3.8) is 0 Å². The number of benzene rings is 1. The fraction of sp³-hybridized carbons (Fsp3) is 0.476. The number of furan rings is 1. The number of rotatable bonds is 6. The molecule has 1 amide bonds. The summed E-state index contributed by atoms with van der Waals surface area (Å²) in [5.41, 5.74) is 0. The smallest absolute Gasteiger partial charge is 0.287 e. The minimum Gasteiger partial charge on any atom is -0.479 e. The lowest BCUT2D eigenvalue weighted by molar-refractivity contribution is 0.0882. The van der Waals surface area contributed by atoms with E-state index in [1.807, 2.05) is 6.92 Å². The van der Waals surface area contributed by atoms with Gasteiger partial charge in [-0.15, -0.1) is 0 Å². The molecule has 1 N–H and O–H groups in total. The summed E-state index contributed by atoms with van der Waals surface area (Å²) in [6.07, 6.45) is 4.76. The summed E-state index contributed by atoms with van der Waals surface area (Å²) >= 11 is 0. The van der Waals surface area contributed by atoms with E-state index in [1.165, 1.54) is 31.4 Å². The largest absolute Gasteiger partial charge is 0.479 e. The monoisotopic (exact) mass is 429 g/mol. The molecule has 30 heavy (non-hydrogen) atoms. The zero-order valence-electron chi connectivity index (χ0n) is 16.1. The van der Waals surface area contributed by atoms with Crippen LogP contribution in [0.2, 0.25) is 0 Å². The summed E-state index contributed by atoms with van der Waals surface area (Å²) in [6, 6.07) is 2.68. The average Bonchev–Trinajstić information content (AvgIpc) is 3.47. The summed E-state index contributed by atoms with van der Waals surface area (Å²) in [4.78, 5) is 12.4. The van der Waals surface area contributed by atoms with Crippen LogP contribution < -0.4 is 10.1 Å². The molecule has 0 radical (unpaired) electrons. The van der Waals surface area contributed by atoms with Gasteiger partial charge in [-0.05, 0) is 56.1 Å². The molecule has 2 aliphatic carbocycles. The number of hydrogen-bond acceptors (Lipinski definition) is 3. The van der Waals surface area contributed by atoms with Crippen LogP contribution in [0, 0.1) is 46.8 Å². The summed E-state index contributed by atoms with van der Waals surface area (Å²) in [6.45, 7) is 1.34. The fourth-order valence-corrected chi connectivity index (χ4v) is 4.72. The van der Waals surface area contributed by atoms with Crippen LogP contribution in [0.1, 0.15) is 48.9 Å².